The van der Waals surface area contributed by atoms with Gasteiger partial charge in [-0.15, -0.1) is 0 Å². The van der Waals surface area contributed by atoms with Crippen molar-refractivity contribution in [3.63, 3.8) is 0 Å². The fourth-order valence-corrected chi connectivity index (χ4v) is 2.95. The molecular formula is C22H23FN2O2. The van der Waals surface area contributed by atoms with E-state index in [1.54, 1.807) is 12.1 Å². The first-order valence-corrected chi connectivity index (χ1v) is 9.02. The second kappa shape index (κ2) is 9.03. The maximum absolute atomic E-state index is 13.2. The Hall–Kier alpha value is -3.08. The van der Waals surface area contributed by atoms with Crippen LogP contribution >= 0.6 is 0 Å². The maximum Gasteiger partial charge on any atom is 0.222 e. The molecule has 3 aromatic rings. The van der Waals surface area contributed by atoms with Gasteiger partial charge in [-0.2, -0.15) is 0 Å². The van der Waals surface area contributed by atoms with Gasteiger partial charge in [0.05, 0.1) is 19.1 Å². The van der Waals surface area contributed by atoms with E-state index in [0.717, 1.165) is 16.9 Å². The highest BCUT2D eigenvalue weighted by Crippen LogP contribution is 2.23. The topological polar surface area (TPSA) is 43.3 Å². The molecule has 0 bridgehead atoms. The summed E-state index contributed by atoms with van der Waals surface area (Å²) in [7, 11) is 0. The summed E-state index contributed by atoms with van der Waals surface area (Å²) in [5.41, 5.74) is 1.90. The lowest BCUT2D eigenvalue weighted by Gasteiger charge is -2.19. The van der Waals surface area contributed by atoms with Crippen LogP contribution in [0.5, 0.6) is 5.75 Å². The van der Waals surface area contributed by atoms with Gasteiger partial charge in [-0.25, -0.2) is 4.39 Å². The third-order valence-corrected chi connectivity index (χ3v) is 4.34. The van der Waals surface area contributed by atoms with E-state index in [2.05, 4.69) is 5.32 Å². The molecule has 4 nitrogen and oxygen atoms in total. The molecule has 0 radical (unpaired) electrons. The van der Waals surface area contributed by atoms with Gasteiger partial charge in [0.1, 0.15) is 11.6 Å². The van der Waals surface area contributed by atoms with Crippen LogP contribution in [0.25, 0.3) is 0 Å². The van der Waals surface area contributed by atoms with E-state index in [0.29, 0.717) is 13.2 Å². The molecule has 3 rings (SSSR count). The monoisotopic (exact) mass is 366 g/mol. The number of carbonyl (C=O) groups is 1. The Bertz CT molecular complexity index is 843. The molecular weight excluding hydrogens is 343 g/mol. The van der Waals surface area contributed by atoms with E-state index in [9.17, 15) is 9.18 Å². The summed E-state index contributed by atoms with van der Waals surface area (Å²) in [6.07, 6.45) is 4.10. The minimum absolute atomic E-state index is 0.0630. The van der Waals surface area contributed by atoms with Gasteiger partial charge < -0.3 is 14.6 Å². The smallest absolute Gasteiger partial charge is 0.222 e. The zero-order chi connectivity index (χ0) is 19.1. The van der Waals surface area contributed by atoms with Crippen LogP contribution in [0, 0.1) is 5.82 Å². The van der Waals surface area contributed by atoms with Crippen molar-refractivity contribution in [2.45, 2.75) is 25.9 Å². The molecule has 1 heterocycles. The van der Waals surface area contributed by atoms with Gasteiger partial charge in [-0.3, -0.25) is 4.79 Å². The van der Waals surface area contributed by atoms with Crippen LogP contribution < -0.4 is 10.1 Å². The molecule has 0 saturated heterocycles. The molecule has 0 aliphatic rings. The van der Waals surface area contributed by atoms with Crippen LogP contribution in [-0.2, 0) is 11.3 Å². The number of halogens is 1. The van der Waals surface area contributed by atoms with Crippen LogP contribution in [0.15, 0.2) is 73.1 Å². The summed E-state index contributed by atoms with van der Waals surface area (Å²) < 4.78 is 20.6. The minimum atomic E-state index is -0.287. The lowest BCUT2D eigenvalue weighted by molar-refractivity contribution is -0.121. The Kier molecular flexibility index (Phi) is 6.26. The number of nitrogens with zero attached hydrogens (tertiary/aromatic N) is 1. The maximum atomic E-state index is 13.2. The highest BCUT2D eigenvalue weighted by molar-refractivity contribution is 5.76. The number of aromatic nitrogens is 1. The van der Waals surface area contributed by atoms with E-state index >= 15 is 0 Å². The molecule has 0 spiro atoms. The quantitative estimate of drug-likeness (QED) is 0.645. The van der Waals surface area contributed by atoms with E-state index in [1.165, 1.54) is 12.1 Å². The average molecular weight is 366 g/mol. The van der Waals surface area contributed by atoms with Crippen molar-refractivity contribution < 1.29 is 13.9 Å². The third kappa shape index (κ3) is 5.20. The zero-order valence-electron chi connectivity index (χ0n) is 15.3. The number of amides is 1. The van der Waals surface area contributed by atoms with Crippen molar-refractivity contribution in [2.24, 2.45) is 0 Å². The van der Waals surface area contributed by atoms with Crippen molar-refractivity contribution in [1.29, 1.82) is 0 Å². The number of hydrogen-bond acceptors (Lipinski definition) is 2. The van der Waals surface area contributed by atoms with Crippen molar-refractivity contribution in [3.05, 3.63) is 90.0 Å². The van der Waals surface area contributed by atoms with Gasteiger partial charge >= 0.3 is 0 Å². The van der Waals surface area contributed by atoms with Crippen LogP contribution in [-0.4, -0.2) is 17.1 Å². The first kappa shape index (κ1) is 18.7. The zero-order valence-corrected chi connectivity index (χ0v) is 15.3. The Morgan fingerprint density at radius 3 is 2.37 bits per heavy atom. The van der Waals surface area contributed by atoms with Gasteiger partial charge in [0, 0.05) is 18.9 Å². The molecule has 0 aliphatic carbocycles. The predicted octanol–water partition coefficient (Wildman–Crippen LogP) is 4.32. The van der Waals surface area contributed by atoms with Crippen LogP contribution in [0.2, 0.25) is 0 Å². The van der Waals surface area contributed by atoms with Crippen molar-refractivity contribution in [2.75, 3.05) is 6.61 Å². The molecule has 1 atom stereocenters. The number of rotatable bonds is 8. The van der Waals surface area contributed by atoms with Crippen molar-refractivity contribution in [1.82, 2.24) is 9.88 Å². The second-order valence-corrected chi connectivity index (χ2v) is 6.26. The van der Waals surface area contributed by atoms with E-state index in [-0.39, 0.29) is 24.2 Å². The number of carbonyl (C=O) groups excluding carboxylic acids is 1. The predicted molar refractivity (Wildman–Crippen MR) is 103 cm³/mol. The molecule has 1 amide bonds. The van der Waals surface area contributed by atoms with Gasteiger partial charge in [-0.1, -0.05) is 24.3 Å². The first-order chi connectivity index (χ1) is 13.2. The SMILES string of the molecule is CCOc1ccc(CNC(=O)C[C@@H](c2ccc(F)cc2)n2cccc2)cc1. The number of hydrogen-bond donors (Lipinski definition) is 1. The highest BCUT2D eigenvalue weighted by Gasteiger charge is 2.17. The summed E-state index contributed by atoms with van der Waals surface area (Å²) in [5.74, 6) is 0.466. The van der Waals surface area contributed by atoms with E-state index in [4.69, 9.17) is 4.74 Å². The van der Waals surface area contributed by atoms with Crippen molar-refractivity contribution >= 4 is 5.91 Å². The molecule has 1 N–H and O–H groups in total. The standard InChI is InChI=1S/C22H23FN2O2/c1-2-27-20-11-5-17(6-12-20)16-24-22(26)15-21(25-13-3-4-14-25)18-7-9-19(23)10-8-18/h3-14,21H,2,15-16H2,1H3,(H,24,26)/t21-/m0/s1. The number of ether oxygens (including phenoxy) is 1. The first-order valence-electron chi connectivity index (χ1n) is 9.02. The number of benzene rings is 2. The Balaban J connectivity index is 1.63. The van der Waals surface area contributed by atoms with Gasteiger partial charge in [0.2, 0.25) is 5.91 Å². The lowest BCUT2D eigenvalue weighted by atomic mass is 10.0. The summed E-state index contributed by atoms with van der Waals surface area (Å²) >= 11 is 0. The molecule has 27 heavy (non-hydrogen) atoms. The normalized spacial score (nSPS) is 11.8. The van der Waals surface area contributed by atoms with Crippen LogP contribution in [0.1, 0.15) is 30.5 Å². The molecule has 0 unspecified atom stereocenters. The van der Waals surface area contributed by atoms with Crippen LogP contribution in [0.3, 0.4) is 0 Å². The highest BCUT2D eigenvalue weighted by atomic mass is 19.1. The molecule has 1 aromatic heterocycles. The Morgan fingerprint density at radius 2 is 1.74 bits per heavy atom. The fraction of sp³-hybridized carbons (Fsp3) is 0.227. The van der Waals surface area contributed by atoms with Gasteiger partial charge in [0.25, 0.3) is 0 Å². The lowest BCUT2D eigenvalue weighted by Crippen LogP contribution is -2.26. The fourth-order valence-electron chi connectivity index (χ4n) is 2.95. The molecule has 0 saturated carbocycles. The van der Waals surface area contributed by atoms with Crippen LogP contribution in [0.4, 0.5) is 4.39 Å². The van der Waals surface area contributed by atoms with Crippen molar-refractivity contribution in [3.8, 4) is 5.75 Å². The van der Waals surface area contributed by atoms with E-state index < -0.39 is 0 Å². The molecule has 2 aromatic carbocycles. The summed E-state index contributed by atoms with van der Waals surface area (Å²) in [6, 6.07) is 17.6. The van der Waals surface area contributed by atoms with Gasteiger partial charge in [0.15, 0.2) is 0 Å². The largest absolute Gasteiger partial charge is 0.494 e. The van der Waals surface area contributed by atoms with E-state index in [1.807, 2.05) is 60.3 Å². The summed E-state index contributed by atoms with van der Waals surface area (Å²) in [6.45, 7) is 3.02. The van der Waals surface area contributed by atoms with Gasteiger partial charge in [-0.05, 0) is 54.4 Å². The number of nitrogens with one attached hydrogen (secondary N) is 1. The molecule has 140 valence electrons. The second-order valence-electron chi connectivity index (χ2n) is 6.26. The minimum Gasteiger partial charge on any atom is -0.494 e. The molecule has 0 aliphatic heterocycles. The molecule has 0 fully saturated rings. The third-order valence-electron chi connectivity index (χ3n) is 4.34. The average Bonchev–Trinajstić information content (AvgIpc) is 3.21. The Morgan fingerprint density at radius 1 is 1.07 bits per heavy atom. The Labute approximate surface area is 158 Å². The summed E-state index contributed by atoms with van der Waals surface area (Å²) in [4.78, 5) is 12.5. The molecule has 5 heteroatoms. The summed E-state index contributed by atoms with van der Waals surface area (Å²) in [5, 5.41) is 2.96.